The molecule has 1 atom stereocenters. The van der Waals surface area contributed by atoms with Gasteiger partial charge in [-0.05, 0) is 25.5 Å². The third-order valence-corrected chi connectivity index (χ3v) is 5.81. The fourth-order valence-corrected chi connectivity index (χ4v) is 4.26. The van der Waals surface area contributed by atoms with Crippen molar-refractivity contribution in [1.29, 1.82) is 0 Å². The molecule has 1 spiro atoms. The highest BCUT2D eigenvalue weighted by molar-refractivity contribution is 7.09. The average Bonchev–Trinajstić information content (AvgIpc) is 3.18. The Kier molecular flexibility index (Phi) is 4.39. The Morgan fingerprint density at radius 2 is 2.36 bits per heavy atom. The Balaban J connectivity index is 1.31. The smallest absolute Gasteiger partial charge is 0.270 e. The van der Waals surface area contributed by atoms with Crippen LogP contribution in [0.3, 0.4) is 0 Å². The van der Waals surface area contributed by atoms with E-state index in [0.29, 0.717) is 26.3 Å². The van der Waals surface area contributed by atoms with Crippen molar-refractivity contribution in [3.05, 3.63) is 40.1 Å². The summed E-state index contributed by atoms with van der Waals surface area (Å²) in [5.74, 6) is 0.0720. The predicted octanol–water partition coefficient (Wildman–Crippen LogP) is 2.38. The molecule has 1 amide bonds. The van der Waals surface area contributed by atoms with Gasteiger partial charge in [-0.15, -0.1) is 11.3 Å². The highest BCUT2D eigenvalue weighted by Gasteiger charge is 2.50. The van der Waals surface area contributed by atoms with E-state index in [1.165, 1.54) is 0 Å². The number of hydrogen-bond acceptors (Lipinski definition) is 5. The number of nitrogens with zero attached hydrogens (tertiary/aromatic N) is 3. The van der Waals surface area contributed by atoms with Gasteiger partial charge in [-0.3, -0.25) is 4.79 Å². The lowest BCUT2D eigenvalue weighted by Gasteiger charge is -2.52. The molecule has 2 fully saturated rings. The number of amides is 1. The zero-order valence-corrected chi connectivity index (χ0v) is 15.4. The lowest BCUT2D eigenvalue weighted by atomic mass is 9.84. The molecule has 4 heterocycles. The van der Waals surface area contributed by atoms with Gasteiger partial charge in [0.15, 0.2) is 0 Å². The van der Waals surface area contributed by atoms with E-state index in [2.05, 4.69) is 4.98 Å². The number of likely N-dealkylation sites (tertiary alicyclic amines) is 1. The van der Waals surface area contributed by atoms with Crippen molar-refractivity contribution in [2.24, 2.45) is 7.05 Å². The van der Waals surface area contributed by atoms with Crippen LogP contribution in [0.4, 0.5) is 0 Å². The van der Waals surface area contributed by atoms with Gasteiger partial charge in [0.25, 0.3) is 5.91 Å². The van der Waals surface area contributed by atoms with Crippen LogP contribution in [0.15, 0.2) is 23.7 Å². The highest BCUT2D eigenvalue weighted by atomic mass is 32.1. The van der Waals surface area contributed by atoms with E-state index < -0.39 is 0 Å². The van der Waals surface area contributed by atoms with E-state index in [0.717, 1.165) is 29.2 Å². The summed E-state index contributed by atoms with van der Waals surface area (Å²) in [6, 6.07) is 3.75. The van der Waals surface area contributed by atoms with Crippen LogP contribution < -0.4 is 0 Å². The molecule has 0 N–H and O–H groups in total. The molecule has 0 unspecified atom stereocenters. The molecule has 2 aromatic heterocycles. The average molecular weight is 361 g/mol. The molecule has 0 bridgehead atoms. The third-order valence-electron chi connectivity index (χ3n) is 4.99. The van der Waals surface area contributed by atoms with Gasteiger partial charge in [-0.2, -0.15) is 0 Å². The predicted molar refractivity (Wildman–Crippen MR) is 94.7 cm³/mol. The van der Waals surface area contributed by atoms with Gasteiger partial charge >= 0.3 is 0 Å². The van der Waals surface area contributed by atoms with Crippen LogP contribution in [0.5, 0.6) is 0 Å². The Morgan fingerprint density at radius 1 is 1.52 bits per heavy atom. The second-order valence-corrected chi connectivity index (χ2v) is 8.04. The van der Waals surface area contributed by atoms with E-state index in [4.69, 9.17) is 9.47 Å². The van der Waals surface area contributed by atoms with Crippen molar-refractivity contribution in [1.82, 2.24) is 14.5 Å². The minimum atomic E-state index is -0.234. The molecule has 6 nitrogen and oxygen atoms in total. The quantitative estimate of drug-likeness (QED) is 0.839. The molecule has 2 saturated heterocycles. The van der Waals surface area contributed by atoms with Crippen molar-refractivity contribution in [2.75, 3.05) is 19.7 Å². The minimum absolute atomic E-state index is 0.0720. The van der Waals surface area contributed by atoms with E-state index >= 15 is 0 Å². The number of carbonyl (C=O) groups is 1. The number of aromatic nitrogens is 2. The SMILES string of the molecule is Cc1nc(CO[C@H]2CCOC3(C2)CN(C(=O)c2cccn2C)C3)cs1. The first-order valence-corrected chi connectivity index (χ1v) is 9.50. The summed E-state index contributed by atoms with van der Waals surface area (Å²) in [6.07, 6.45) is 3.80. The summed E-state index contributed by atoms with van der Waals surface area (Å²) in [5, 5.41) is 3.12. The molecular weight excluding hydrogens is 338 g/mol. The van der Waals surface area contributed by atoms with Gasteiger partial charge in [0.1, 0.15) is 11.3 Å². The zero-order chi connectivity index (χ0) is 17.4. The number of aryl methyl sites for hydroxylation is 2. The first kappa shape index (κ1) is 16.8. The van der Waals surface area contributed by atoms with E-state index in [1.54, 1.807) is 11.3 Å². The van der Waals surface area contributed by atoms with Gasteiger partial charge in [-0.25, -0.2) is 4.98 Å². The lowest BCUT2D eigenvalue weighted by molar-refractivity contribution is -0.188. The van der Waals surface area contributed by atoms with Crippen molar-refractivity contribution in [3.63, 3.8) is 0 Å². The molecular formula is C18H23N3O3S. The van der Waals surface area contributed by atoms with E-state index in [1.807, 2.05) is 47.1 Å². The van der Waals surface area contributed by atoms with E-state index in [-0.39, 0.29) is 17.6 Å². The minimum Gasteiger partial charge on any atom is -0.372 e. The second kappa shape index (κ2) is 6.55. The fourth-order valence-electron chi connectivity index (χ4n) is 3.66. The molecule has 134 valence electrons. The maximum absolute atomic E-state index is 12.5. The second-order valence-electron chi connectivity index (χ2n) is 6.98. The van der Waals surface area contributed by atoms with Crippen LogP contribution >= 0.6 is 11.3 Å². The Morgan fingerprint density at radius 3 is 3.04 bits per heavy atom. The molecule has 2 aliphatic rings. The van der Waals surface area contributed by atoms with Crippen LogP contribution in [0.2, 0.25) is 0 Å². The Bertz CT molecular complexity index is 763. The van der Waals surface area contributed by atoms with Gasteiger partial charge in [-0.1, -0.05) is 0 Å². The number of rotatable bonds is 4. The van der Waals surface area contributed by atoms with Gasteiger partial charge in [0, 0.05) is 31.7 Å². The maximum Gasteiger partial charge on any atom is 0.270 e. The summed E-state index contributed by atoms with van der Waals surface area (Å²) in [4.78, 5) is 18.8. The molecule has 4 rings (SSSR count). The van der Waals surface area contributed by atoms with Crippen LogP contribution in [0.1, 0.15) is 34.0 Å². The van der Waals surface area contributed by atoms with Gasteiger partial charge < -0.3 is 18.9 Å². The molecule has 2 aromatic rings. The molecule has 0 saturated carbocycles. The monoisotopic (exact) mass is 361 g/mol. The van der Waals surface area contributed by atoms with Crippen molar-refractivity contribution >= 4 is 17.2 Å². The van der Waals surface area contributed by atoms with Crippen molar-refractivity contribution in [3.8, 4) is 0 Å². The molecule has 0 aromatic carbocycles. The summed E-state index contributed by atoms with van der Waals surface area (Å²) >= 11 is 1.65. The summed E-state index contributed by atoms with van der Waals surface area (Å²) in [7, 11) is 1.89. The normalized spacial score (nSPS) is 22.2. The number of ether oxygens (including phenoxy) is 2. The maximum atomic E-state index is 12.5. The third kappa shape index (κ3) is 3.36. The standard InChI is InChI=1S/C18H23N3O3S/c1-13-19-14(10-25-13)9-23-15-5-7-24-18(8-15)11-21(12-18)17(22)16-4-3-6-20(16)2/h3-4,6,10,15H,5,7-9,11-12H2,1-2H3/t15-/m0/s1. The molecule has 2 aliphatic heterocycles. The Hall–Kier alpha value is -1.70. The summed E-state index contributed by atoms with van der Waals surface area (Å²) in [6.45, 7) is 4.54. The summed E-state index contributed by atoms with van der Waals surface area (Å²) < 4.78 is 13.9. The number of hydrogen-bond donors (Lipinski definition) is 0. The summed E-state index contributed by atoms with van der Waals surface area (Å²) in [5.41, 5.74) is 1.48. The van der Waals surface area contributed by atoms with Gasteiger partial charge in [0.05, 0.1) is 36.5 Å². The van der Waals surface area contributed by atoms with E-state index in [9.17, 15) is 4.79 Å². The van der Waals surface area contributed by atoms with Crippen LogP contribution in [-0.2, 0) is 23.1 Å². The molecule has 25 heavy (non-hydrogen) atoms. The van der Waals surface area contributed by atoms with Crippen molar-refractivity contribution in [2.45, 2.75) is 38.1 Å². The number of carbonyl (C=O) groups excluding carboxylic acids is 1. The van der Waals surface area contributed by atoms with Gasteiger partial charge in [0.2, 0.25) is 0 Å². The number of thiazole rings is 1. The topological polar surface area (TPSA) is 56.6 Å². The van der Waals surface area contributed by atoms with Crippen LogP contribution in [0, 0.1) is 6.92 Å². The fraction of sp³-hybridized carbons (Fsp3) is 0.556. The highest BCUT2D eigenvalue weighted by Crippen LogP contribution is 2.36. The molecule has 0 aliphatic carbocycles. The first-order chi connectivity index (χ1) is 12.0. The first-order valence-electron chi connectivity index (χ1n) is 8.62. The molecule has 0 radical (unpaired) electrons. The largest absolute Gasteiger partial charge is 0.372 e. The molecule has 7 heteroatoms. The van der Waals surface area contributed by atoms with Crippen LogP contribution in [-0.4, -0.2) is 51.8 Å². The van der Waals surface area contributed by atoms with Crippen molar-refractivity contribution < 1.29 is 14.3 Å². The lowest BCUT2D eigenvalue weighted by Crippen LogP contribution is -2.67. The zero-order valence-electron chi connectivity index (χ0n) is 14.6. The Labute approximate surface area is 151 Å². The van der Waals surface area contributed by atoms with Crippen LogP contribution in [0.25, 0.3) is 0 Å².